The minimum absolute atomic E-state index is 0.0120. The molecule has 0 unspecified atom stereocenters. The number of piperidine rings is 1. The molecule has 0 spiro atoms. The average Bonchev–Trinajstić information content (AvgIpc) is 3.59. The molecule has 17 heteroatoms. The number of nitrogens with zero attached hydrogens (tertiary/aromatic N) is 4. The van der Waals surface area contributed by atoms with E-state index in [1.807, 2.05) is 17.0 Å². The number of pyridine rings is 1. The lowest BCUT2D eigenvalue weighted by Crippen LogP contribution is -2.69. The van der Waals surface area contributed by atoms with Crippen molar-refractivity contribution in [3.63, 3.8) is 0 Å². The molecule has 2 atom stereocenters. The van der Waals surface area contributed by atoms with Crippen LogP contribution in [0.2, 0.25) is 0 Å². The third-order valence-corrected chi connectivity index (χ3v) is 10.3. The highest BCUT2D eigenvalue weighted by molar-refractivity contribution is 7.10. The Morgan fingerprint density at radius 3 is 2.49 bits per heavy atom. The average molecular weight is 743 g/mol. The lowest BCUT2D eigenvalue weighted by Gasteiger charge is -2.51. The van der Waals surface area contributed by atoms with Gasteiger partial charge < -0.3 is 34.0 Å². The molecule has 5 heterocycles. The first-order chi connectivity index (χ1) is 24.3. The molecule has 2 amide bonds. The van der Waals surface area contributed by atoms with Gasteiger partial charge in [0.1, 0.15) is 28.5 Å². The zero-order valence-electron chi connectivity index (χ0n) is 27.3. The lowest BCUT2D eigenvalue weighted by molar-refractivity contribution is -0.159. The van der Waals surface area contributed by atoms with Crippen molar-refractivity contribution in [2.75, 3.05) is 57.4 Å². The number of alkyl halides is 6. The fraction of sp³-hybridized carbons (Fsp3) is 0.500. The predicted octanol–water partition coefficient (Wildman–Crippen LogP) is 5.89. The number of para-hydroxylation sites is 2. The Morgan fingerprint density at radius 1 is 1.02 bits per heavy atom. The number of aromatic nitrogens is 1. The molecule has 1 aromatic carbocycles. The van der Waals surface area contributed by atoms with Crippen molar-refractivity contribution < 1.29 is 55.2 Å². The van der Waals surface area contributed by atoms with E-state index in [1.165, 1.54) is 9.80 Å². The van der Waals surface area contributed by atoms with Gasteiger partial charge in [-0.1, -0.05) is 12.1 Å². The van der Waals surface area contributed by atoms with E-state index in [2.05, 4.69) is 4.98 Å². The number of hydrogen-bond donors (Lipinski definition) is 1. The van der Waals surface area contributed by atoms with Crippen LogP contribution in [-0.4, -0.2) is 95.9 Å². The van der Waals surface area contributed by atoms with Crippen molar-refractivity contribution in [1.29, 1.82) is 0 Å². The molecular weight excluding hydrogens is 706 g/mol. The Bertz CT molecular complexity index is 1710. The minimum atomic E-state index is -4.93. The van der Waals surface area contributed by atoms with E-state index >= 15 is 0 Å². The number of aliphatic hydroxyl groups excluding tert-OH is 1. The fourth-order valence-electron chi connectivity index (χ4n) is 7.02. The van der Waals surface area contributed by atoms with Crippen LogP contribution in [0.3, 0.4) is 0 Å². The van der Waals surface area contributed by atoms with Gasteiger partial charge in [-0.3, -0.25) is 9.59 Å². The number of amides is 2. The Hall–Kier alpha value is -4.25. The SMILES string of the molecule is O=C1c2c(C(F)(F)F)ccnc2OCCCC[C@H]2N1CCC[C@@]2(Oc1csc(C(F)(F)F)c1)C(=O)N1CCN(c2ccccc2OCCO)CC1. The summed E-state index contributed by atoms with van der Waals surface area (Å²) in [6.07, 6.45) is -7.73. The van der Waals surface area contributed by atoms with Crippen LogP contribution in [0.15, 0.2) is 48.0 Å². The van der Waals surface area contributed by atoms with E-state index in [0.29, 0.717) is 49.1 Å². The Morgan fingerprint density at radius 2 is 1.78 bits per heavy atom. The van der Waals surface area contributed by atoms with Crippen molar-refractivity contribution in [1.82, 2.24) is 14.8 Å². The van der Waals surface area contributed by atoms with E-state index in [-0.39, 0.29) is 64.5 Å². The summed E-state index contributed by atoms with van der Waals surface area (Å²) >= 11 is 0.395. The van der Waals surface area contributed by atoms with Gasteiger partial charge in [-0.25, -0.2) is 4.98 Å². The second kappa shape index (κ2) is 14.8. The van der Waals surface area contributed by atoms with Gasteiger partial charge in [0.25, 0.3) is 11.8 Å². The smallest absolute Gasteiger partial charge is 0.425 e. The number of halogens is 6. The van der Waals surface area contributed by atoms with Gasteiger partial charge in [-0.2, -0.15) is 26.3 Å². The Balaban J connectivity index is 1.37. The van der Waals surface area contributed by atoms with E-state index in [0.717, 1.165) is 23.3 Å². The third-order valence-electron chi connectivity index (χ3n) is 9.31. The molecule has 0 aliphatic carbocycles. The molecule has 2 fully saturated rings. The maximum Gasteiger partial charge on any atom is 0.425 e. The van der Waals surface area contributed by atoms with Crippen LogP contribution in [0.25, 0.3) is 0 Å². The monoisotopic (exact) mass is 742 g/mol. The lowest BCUT2D eigenvalue weighted by atomic mass is 9.79. The number of fused-ring (bicyclic) bond motifs is 2. The molecule has 0 bridgehead atoms. The van der Waals surface area contributed by atoms with Gasteiger partial charge in [0.05, 0.1) is 30.5 Å². The first-order valence-electron chi connectivity index (χ1n) is 16.5. The van der Waals surface area contributed by atoms with Crippen LogP contribution < -0.4 is 19.1 Å². The molecule has 0 radical (unpaired) electrons. The van der Waals surface area contributed by atoms with Crippen molar-refractivity contribution >= 4 is 28.8 Å². The van der Waals surface area contributed by atoms with E-state index in [4.69, 9.17) is 14.2 Å². The third kappa shape index (κ3) is 7.54. The number of ether oxygens (including phenoxy) is 3. The topological polar surface area (TPSA) is 105 Å². The summed E-state index contributed by atoms with van der Waals surface area (Å²) in [6, 6.07) is 7.59. The van der Waals surface area contributed by atoms with Gasteiger partial charge in [0.2, 0.25) is 11.5 Å². The number of anilines is 1. The summed E-state index contributed by atoms with van der Waals surface area (Å²) in [5, 5.41) is 10.4. The predicted molar refractivity (Wildman–Crippen MR) is 173 cm³/mol. The van der Waals surface area contributed by atoms with Crippen LogP contribution >= 0.6 is 11.3 Å². The van der Waals surface area contributed by atoms with Crippen LogP contribution in [-0.2, 0) is 17.1 Å². The van der Waals surface area contributed by atoms with Crippen LogP contribution in [0.5, 0.6) is 17.4 Å². The van der Waals surface area contributed by atoms with Crippen LogP contribution in [0.4, 0.5) is 32.0 Å². The van der Waals surface area contributed by atoms with Crippen LogP contribution in [0, 0.1) is 0 Å². The fourth-order valence-corrected chi connectivity index (χ4v) is 7.70. The number of benzene rings is 1. The highest BCUT2D eigenvalue weighted by Gasteiger charge is 2.56. The summed E-state index contributed by atoms with van der Waals surface area (Å²) < 4.78 is 101. The van der Waals surface area contributed by atoms with Gasteiger partial charge in [-0.05, 0) is 43.9 Å². The number of carbonyl (C=O) groups excluding carboxylic acids is 2. The summed E-state index contributed by atoms with van der Waals surface area (Å²) in [5.41, 5.74) is -3.19. The van der Waals surface area contributed by atoms with Crippen molar-refractivity contribution in [3.8, 4) is 17.4 Å². The van der Waals surface area contributed by atoms with Gasteiger partial charge in [0.15, 0.2) is 0 Å². The number of piperazine rings is 1. The largest absolute Gasteiger partial charge is 0.489 e. The summed E-state index contributed by atoms with van der Waals surface area (Å²) in [5.74, 6) is -1.77. The maximum absolute atomic E-state index is 14.9. The second-order valence-corrected chi connectivity index (χ2v) is 13.4. The summed E-state index contributed by atoms with van der Waals surface area (Å²) in [4.78, 5) is 36.9. The Labute approximate surface area is 293 Å². The van der Waals surface area contributed by atoms with E-state index in [1.54, 1.807) is 12.1 Å². The van der Waals surface area contributed by atoms with Gasteiger partial charge >= 0.3 is 12.4 Å². The first kappa shape index (κ1) is 36.5. The number of thiophene rings is 1. The molecular formula is C34H36F6N4O6S. The molecule has 10 nitrogen and oxygen atoms in total. The van der Waals surface area contributed by atoms with E-state index < -0.39 is 57.7 Å². The first-order valence-corrected chi connectivity index (χ1v) is 17.4. The molecule has 0 saturated carbocycles. The standard InChI is InChI=1S/C34H36F6N4O6S/c35-33(36,37)23-9-11-41-29-28(23)30(46)44-12-5-10-32(26(44)8-3-4-18-49-29,50-22-20-27(51-21-22)34(38,39)40)31(47)43-15-13-42(14-16-43)24-6-1-2-7-25(24)48-19-17-45/h1-2,6-7,9,11,20-21,26,45H,3-5,8,10,12-19H2/t26-,32+/m1/s1. The normalized spacial score (nSPS) is 21.7. The molecule has 2 saturated heterocycles. The van der Waals surface area contributed by atoms with E-state index in [9.17, 15) is 41.0 Å². The molecule has 3 aromatic rings. The second-order valence-electron chi connectivity index (χ2n) is 12.5. The zero-order chi connectivity index (χ0) is 36.4. The molecule has 2 aromatic heterocycles. The highest BCUT2D eigenvalue weighted by Crippen LogP contribution is 2.44. The van der Waals surface area contributed by atoms with Gasteiger partial charge in [0, 0.05) is 56.8 Å². The molecule has 6 rings (SSSR count). The maximum atomic E-state index is 14.9. The van der Waals surface area contributed by atoms with Crippen molar-refractivity contribution in [2.45, 2.75) is 56.1 Å². The van der Waals surface area contributed by atoms with Crippen molar-refractivity contribution in [2.24, 2.45) is 0 Å². The van der Waals surface area contributed by atoms with Crippen LogP contribution in [0.1, 0.15) is 52.9 Å². The number of aliphatic hydroxyl groups is 1. The minimum Gasteiger partial charge on any atom is -0.489 e. The number of rotatable bonds is 7. The summed E-state index contributed by atoms with van der Waals surface area (Å²) in [7, 11) is 0. The summed E-state index contributed by atoms with van der Waals surface area (Å²) in [6.45, 7) is 0.872. The number of carbonyl (C=O) groups is 2. The molecule has 276 valence electrons. The molecule has 3 aliphatic rings. The Kier molecular flexibility index (Phi) is 10.6. The zero-order valence-corrected chi connectivity index (χ0v) is 28.2. The highest BCUT2D eigenvalue weighted by atomic mass is 32.1. The molecule has 51 heavy (non-hydrogen) atoms. The molecule has 1 N–H and O–H groups in total. The molecule has 3 aliphatic heterocycles. The van der Waals surface area contributed by atoms with Gasteiger partial charge in [-0.15, -0.1) is 11.3 Å². The van der Waals surface area contributed by atoms with Crippen molar-refractivity contribution in [3.05, 3.63) is 64.0 Å². The quantitative estimate of drug-likeness (QED) is 0.300. The number of hydrogen-bond acceptors (Lipinski definition) is 9.